The van der Waals surface area contributed by atoms with Crippen LogP contribution in [-0.2, 0) is 16.6 Å². The van der Waals surface area contributed by atoms with E-state index in [4.69, 9.17) is 5.26 Å². The van der Waals surface area contributed by atoms with Gasteiger partial charge in [-0.2, -0.15) is 5.26 Å². The number of aromatic nitrogens is 1. The first-order valence-electron chi connectivity index (χ1n) is 5.93. The smallest absolute Gasteiger partial charge is 0.240 e. The summed E-state index contributed by atoms with van der Waals surface area (Å²) in [6.45, 7) is 2.01. The summed E-state index contributed by atoms with van der Waals surface area (Å²) in [5, 5.41) is 8.69. The molecule has 0 unspecified atom stereocenters. The van der Waals surface area contributed by atoms with Crippen molar-refractivity contribution in [3.8, 4) is 6.07 Å². The van der Waals surface area contributed by atoms with Gasteiger partial charge >= 0.3 is 0 Å². The van der Waals surface area contributed by atoms with Gasteiger partial charge in [0.1, 0.15) is 0 Å². The predicted octanol–water partition coefficient (Wildman–Crippen LogP) is 1.74. The Balaban J connectivity index is 2.15. The fourth-order valence-electron chi connectivity index (χ4n) is 1.66. The van der Waals surface area contributed by atoms with E-state index >= 15 is 0 Å². The number of nitriles is 1. The quantitative estimate of drug-likeness (QED) is 0.928. The van der Waals surface area contributed by atoms with Crippen molar-refractivity contribution in [2.75, 3.05) is 0 Å². The third kappa shape index (κ3) is 3.20. The molecule has 1 aromatic carbocycles. The molecule has 0 saturated heterocycles. The molecule has 2 rings (SSSR count). The van der Waals surface area contributed by atoms with Crippen LogP contribution in [0.25, 0.3) is 0 Å². The first-order chi connectivity index (χ1) is 9.53. The Labute approximate surface area is 118 Å². The highest BCUT2D eigenvalue weighted by Gasteiger charge is 2.14. The third-order valence-electron chi connectivity index (χ3n) is 2.84. The molecule has 1 N–H and O–H groups in total. The maximum absolute atomic E-state index is 12.1. The first-order valence-corrected chi connectivity index (χ1v) is 7.41. The second-order valence-electron chi connectivity index (χ2n) is 4.23. The fourth-order valence-corrected chi connectivity index (χ4v) is 2.65. The van der Waals surface area contributed by atoms with Crippen molar-refractivity contribution in [3.63, 3.8) is 0 Å². The number of hydrogen-bond acceptors (Lipinski definition) is 4. The van der Waals surface area contributed by atoms with E-state index < -0.39 is 10.0 Å². The Kier molecular flexibility index (Phi) is 4.13. The molecule has 0 bridgehead atoms. The van der Waals surface area contributed by atoms with Gasteiger partial charge in [0.25, 0.3) is 0 Å². The van der Waals surface area contributed by atoms with Crippen molar-refractivity contribution in [1.82, 2.24) is 9.71 Å². The van der Waals surface area contributed by atoms with E-state index in [0.717, 1.165) is 5.56 Å². The van der Waals surface area contributed by atoms with Gasteiger partial charge in [0.05, 0.1) is 28.8 Å². The molecule has 0 aliphatic rings. The molecular formula is C14H13N3O2S. The zero-order chi connectivity index (χ0) is 14.6. The van der Waals surface area contributed by atoms with Crippen LogP contribution in [0.3, 0.4) is 0 Å². The van der Waals surface area contributed by atoms with Crippen LogP contribution in [0, 0.1) is 18.3 Å². The zero-order valence-electron chi connectivity index (χ0n) is 10.9. The maximum Gasteiger partial charge on any atom is 0.240 e. The molecular weight excluding hydrogens is 274 g/mol. The van der Waals surface area contributed by atoms with Gasteiger partial charge in [-0.05, 0) is 42.8 Å². The summed E-state index contributed by atoms with van der Waals surface area (Å²) in [5.41, 5.74) is 2.03. The van der Waals surface area contributed by atoms with Crippen molar-refractivity contribution in [3.05, 3.63) is 59.4 Å². The number of benzene rings is 1. The predicted molar refractivity (Wildman–Crippen MR) is 74.2 cm³/mol. The van der Waals surface area contributed by atoms with Crippen LogP contribution in [-0.4, -0.2) is 13.4 Å². The summed E-state index contributed by atoms with van der Waals surface area (Å²) in [7, 11) is -3.60. The minimum atomic E-state index is -3.60. The lowest BCUT2D eigenvalue weighted by Crippen LogP contribution is -2.24. The van der Waals surface area contributed by atoms with Crippen molar-refractivity contribution in [1.29, 1.82) is 5.26 Å². The molecule has 6 heteroatoms. The number of sulfonamides is 1. The number of nitrogens with zero attached hydrogens (tertiary/aromatic N) is 2. The lowest BCUT2D eigenvalue weighted by Gasteiger charge is -2.08. The zero-order valence-corrected chi connectivity index (χ0v) is 11.7. The molecule has 0 atom stereocenters. The molecule has 5 nitrogen and oxygen atoms in total. The summed E-state index contributed by atoms with van der Waals surface area (Å²) in [4.78, 5) is 4.26. The van der Waals surface area contributed by atoms with E-state index in [0.29, 0.717) is 11.3 Å². The average Bonchev–Trinajstić information content (AvgIpc) is 2.46. The highest BCUT2D eigenvalue weighted by molar-refractivity contribution is 7.89. The molecule has 0 spiro atoms. The van der Waals surface area contributed by atoms with E-state index in [1.54, 1.807) is 12.3 Å². The Morgan fingerprint density at radius 2 is 1.95 bits per heavy atom. The summed E-state index contributed by atoms with van der Waals surface area (Å²) < 4.78 is 26.7. The topological polar surface area (TPSA) is 82.8 Å². The molecule has 20 heavy (non-hydrogen) atoms. The maximum atomic E-state index is 12.1. The first kappa shape index (κ1) is 14.2. The van der Waals surface area contributed by atoms with Gasteiger partial charge in [0.2, 0.25) is 10.0 Å². The lowest BCUT2D eigenvalue weighted by atomic mass is 10.2. The summed E-state index contributed by atoms with van der Waals surface area (Å²) in [6, 6.07) is 11.4. The fraction of sp³-hybridized carbons (Fsp3) is 0.143. The molecule has 0 aliphatic heterocycles. The van der Waals surface area contributed by atoms with Crippen molar-refractivity contribution in [2.45, 2.75) is 18.4 Å². The van der Waals surface area contributed by atoms with E-state index in [1.165, 1.54) is 24.3 Å². The standard InChI is InChI=1S/C14H13N3O2S/c1-11-3-2-8-16-14(11)10-17-20(18,19)13-6-4-12(9-15)5-7-13/h2-8,17H,10H2,1H3. The van der Waals surface area contributed by atoms with Gasteiger partial charge in [-0.3, -0.25) is 4.98 Å². The molecule has 0 aliphatic carbocycles. The average molecular weight is 287 g/mol. The van der Waals surface area contributed by atoms with Gasteiger partial charge in [0, 0.05) is 6.20 Å². The summed E-state index contributed by atoms with van der Waals surface area (Å²) in [5.74, 6) is 0. The Hall–Kier alpha value is -2.23. The second kappa shape index (κ2) is 5.82. The van der Waals surface area contributed by atoms with E-state index in [1.807, 2.05) is 19.1 Å². The molecule has 0 saturated carbocycles. The largest absolute Gasteiger partial charge is 0.260 e. The van der Waals surface area contributed by atoms with Gasteiger partial charge in [0.15, 0.2) is 0 Å². The lowest BCUT2D eigenvalue weighted by molar-refractivity contribution is 0.580. The number of hydrogen-bond donors (Lipinski definition) is 1. The number of nitrogens with one attached hydrogen (secondary N) is 1. The van der Waals surface area contributed by atoms with E-state index in [9.17, 15) is 8.42 Å². The summed E-state index contributed by atoms with van der Waals surface area (Å²) in [6.07, 6.45) is 1.62. The van der Waals surface area contributed by atoms with Crippen molar-refractivity contribution in [2.24, 2.45) is 0 Å². The highest BCUT2D eigenvalue weighted by Crippen LogP contribution is 2.11. The third-order valence-corrected chi connectivity index (χ3v) is 4.26. The van der Waals surface area contributed by atoms with Gasteiger partial charge in [-0.25, -0.2) is 13.1 Å². The molecule has 0 radical (unpaired) electrons. The molecule has 2 aromatic rings. The number of rotatable bonds is 4. The van der Waals surface area contributed by atoms with Gasteiger partial charge < -0.3 is 0 Å². The van der Waals surface area contributed by atoms with Crippen LogP contribution in [0.4, 0.5) is 0 Å². The Morgan fingerprint density at radius 1 is 1.25 bits per heavy atom. The number of aryl methyl sites for hydroxylation is 1. The number of pyridine rings is 1. The van der Waals surface area contributed by atoms with Crippen molar-refractivity contribution < 1.29 is 8.42 Å². The molecule has 102 valence electrons. The molecule has 1 heterocycles. The summed E-state index contributed by atoms with van der Waals surface area (Å²) >= 11 is 0. The van der Waals surface area contributed by atoms with Crippen molar-refractivity contribution >= 4 is 10.0 Å². The highest BCUT2D eigenvalue weighted by atomic mass is 32.2. The molecule has 1 aromatic heterocycles. The normalized spacial score (nSPS) is 11.0. The van der Waals surface area contributed by atoms with Crippen LogP contribution >= 0.6 is 0 Å². The minimum Gasteiger partial charge on any atom is -0.260 e. The van der Waals surface area contributed by atoms with E-state index in [-0.39, 0.29) is 11.4 Å². The molecule has 0 fully saturated rings. The Bertz CT molecular complexity index is 747. The second-order valence-corrected chi connectivity index (χ2v) is 5.99. The van der Waals surface area contributed by atoms with Crippen LogP contribution < -0.4 is 4.72 Å². The van der Waals surface area contributed by atoms with Crippen LogP contribution in [0.5, 0.6) is 0 Å². The van der Waals surface area contributed by atoms with E-state index in [2.05, 4.69) is 9.71 Å². The van der Waals surface area contributed by atoms with Gasteiger partial charge in [-0.15, -0.1) is 0 Å². The van der Waals surface area contributed by atoms with Gasteiger partial charge in [-0.1, -0.05) is 6.07 Å². The minimum absolute atomic E-state index is 0.130. The molecule has 0 amide bonds. The SMILES string of the molecule is Cc1cccnc1CNS(=O)(=O)c1ccc(C#N)cc1. The Morgan fingerprint density at radius 3 is 2.55 bits per heavy atom. The van der Waals surface area contributed by atoms with Crippen LogP contribution in [0.2, 0.25) is 0 Å². The van der Waals surface area contributed by atoms with Crippen LogP contribution in [0.15, 0.2) is 47.5 Å². The van der Waals surface area contributed by atoms with Crippen LogP contribution in [0.1, 0.15) is 16.8 Å². The monoisotopic (exact) mass is 287 g/mol.